The van der Waals surface area contributed by atoms with Crippen LogP contribution in [0.3, 0.4) is 0 Å². The van der Waals surface area contributed by atoms with Crippen LogP contribution in [-0.2, 0) is 16.6 Å². The molecule has 0 unspecified atom stereocenters. The van der Waals surface area contributed by atoms with Crippen LogP contribution >= 0.6 is 0 Å². The van der Waals surface area contributed by atoms with Crippen molar-refractivity contribution in [1.82, 2.24) is 9.78 Å². The maximum atomic E-state index is 12.3. The van der Waals surface area contributed by atoms with E-state index in [1.165, 1.54) is 17.1 Å². The number of nitrogens with one attached hydrogen (secondary N) is 1. The first kappa shape index (κ1) is 15.5. The standard InChI is InChI=1S/C14H19N3O3S/c1-11(2)12-3-5-14(6-4-12)21(19,20)16-13-9-15-17(10-13)7-8-18/h3-6,9-11,16,18H,7-8H2,1-2H3. The van der Waals surface area contributed by atoms with Gasteiger partial charge in [0.15, 0.2) is 0 Å². The second-order valence-corrected chi connectivity index (χ2v) is 6.73. The van der Waals surface area contributed by atoms with E-state index in [0.29, 0.717) is 18.2 Å². The topological polar surface area (TPSA) is 84.2 Å². The van der Waals surface area contributed by atoms with Crippen LogP contribution in [0, 0.1) is 0 Å². The van der Waals surface area contributed by atoms with Crippen molar-refractivity contribution in [2.75, 3.05) is 11.3 Å². The van der Waals surface area contributed by atoms with Crippen molar-refractivity contribution in [3.05, 3.63) is 42.2 Å². The van der Waals surface area contributed by atoms with Crippen LogP contribution in [0.25, 0.3) is 0 Å². The van der Waals surface area contributed by atoms with Crippen molar-refractivity contribution in [3.63, 3.8) is 0 Å². The molecule has 0 bridgehead atoms. The molecule has 1 aromatic carbocycles. The molecule has 21 heavy (non-hydrogen) atoms. The highest BCUT2D eigenvalue weighted by molar-refractivity contribution is 7.92. The maximum absolute atomic E-state index is 12.3. The minimum Gasteiger partial charge on any atom is -0.394 e. The van der Waals surface area contributed by atoms with Crippen LogP contribution in [0.2, 0.25) is 0 Å². The van der Waals surface area contributed by atoms with Crippen LogP contribution in [-0.4, -0.2) is 29.9 Å². The molecular formula is C14H19N3O3S. The molecule has 0 amide bonds. The molecule has 7 heteroatoms. The van der Waals surface area contributed by atoms with Gasteiger partial charge in [0.25, 0.3) is 10.0 Å². The Morgan fingerprint density at radius 1 is 1.29 bits per heavy atom. The Balaban J connectivity index is 2.17. The third-order valence-corrected chi connectivity index (χ3v) is 4.47. The second-order valence-electron chi connectivity index (χ2n) is 5.04. The molecule has 0 atom stereocenters. The summed E-state index contributed by atoms with van der Waals surface area (Å²) in [6.45, 7) is 4.38. The predicted octanol–water partition coefficient (Wildman–Crippen LogP) is 1.80. The molecule has 0 fully saturated rings. The Morgan fingerprint density at radius 3 is 2.52 bits per heavy atom. The smallest absolute Gasteiger partial charge is 0.261 e. The van der Waals surface area contributed by atoms with Gasteiger partial charge >= 0.3 is 0 Å². The highest BCUT2D eigenvalue weighted by atomic mass is 32.2. The van der Waals surface area contributed by atoms with Crippen molar-refractivity contribution in [3.8, 4) is 0 Å². The van der Waals surface area contributed by atoms with Gasteiger partial charge in [-0.3, -0.25) is 9.40 Å². The van der Waals surface area contributed by atoms with Gasteiger partial charge in [0.05, 0.1) is 29.9 Å². The second kappa shape index (κ2) is 6.28. The Kier molecular flexibility index (Phi) is 4.64. The van der Waals surface area contributed by atoms with E-state index in [9.17, 15) is 8.42 Å². The molecule has 2 N–H and O–H groups in total. The lowest BCUT2D eigenvalue weighted by atomic mass is 10.0. The molecule has 1 heterocycles. The monoisotopic (exact) mass is 309 g/mol. The lowest BCUT2D eigenvalue weighted by molar-refractivity contribution is 0.269. The molecule has 2 aromatic rings. The summed E-state index contributed by atoms with van der Waals surface area (Å²) in [5.74, 6) is 0.353. The fourth-order valence-electron chi connectivity index (χ4n) is 1.89. The normalized spacial score (nSPS) is 11.8. The molecular weight excluding hydrogens is 290 g/mol. The fraction of sp³-hybridized carbons (Fsp3) is 0.357. The average Bonchev–Trinajstić information content (AvgIpc) is 2.86. The number of aromatic nitrogens is 2. The Morgan fingerprint density at radius 2 is 1.95 bits per heavy atom. The van der Waals surface area contributed by atoms with Gasteiger partial charge in [-0.2, -0.15) is 5.10 Å². The minimum absolute atomic E-state index is 0.0511. The largest absolute Gasteiger partial charge is 0.394 e. The van der Waals surface area contributed by atoms with Crippen molar-refractivity contribution < 1.29 is 13.5 Å². The number of rotatable bonds is 6. The van der Waals surface area contributed by atoms with Gasteiger partial charge in [-0.15, -0.1) is 0 Å². The quantitative estimate of drug-likeness (QED) is 0.852. The van der Waals surface area contributed by atoms with E-state index in [4.69, 9.17) is 5.11 Å². The lowest BCUT2D eigenvalue weighted by Crippen LogP contribution is -2.12. The van der Waals surface area contributed by atoms with Crippen LogP contribution < -0.4 is 4.72 Å². The zero-order valence-electron chi connectivity index (χ0n) is 12.0. The molecule has 0 saturated carbocycles. The van der Waals surface area contributed by atoms with Gasteiger partial charge in [-0.1, -0.05) is 26.0 Å². The number of benzene rings is 1. The van der Waals surface area contributed by atoms with Gasteiger partial charge in [0.1, 0.15) is 0 Å². The van der Waals surface area contributed by atoms with Crippen molar-refractivity contribution >= 4 is 15.7 Å². The van der Waals surface area contributed by atoms with Crippen molar-refractivity contribution in [1.29, 1.82) is 0 Å². The van der Waals surface area contributed by atoms with E-state index in [1.807, 2.05) is 12.1 Å². The summed E-state index contributed by atoms with van der Waals surface area (Å²) in [5.41, 5.74) is 1.46. The maximum Gasteiger partial charge on any atom is 0.261 e. The molecule has 0 aliphatic rings. The molecule has 0 aliphatic heterocycles. The van der Waals surface area contributed by atoms with E-state index < -0.39 is 10.0 Å². The third kappa shape index (κ3) is 3.83. The van der Waals surface area contributed by atoms with E-state index in [2.05, 4.69) is 23.7 Å². The Labute approximate surface area is 124 Å². The first-order valence-electron chi connectivity index (χ1n) is 6.68. The van der Waals surface area contributed by atoms with E-state index in [-0.39, 0.29) is 11.5 Å². The van der Waals surface area contributed by atoms with Crippen molar-refractivity contribution in [2.24, 2.45) is 0 Å². The zero-order valence-corrected chi connectivity index (χ0v) is 12.8. The fourth-order valence-corrected chi connectivity index (χ4v) is 2.91. The molecule has 114 valence electrons. The van der Waals surface area contributed by atoms with Gasteiger partial charge in [-0.25, -0.2) is 8.42 Å². The number of aliphatic hydroxyl groups excluding tert-OH is 1. The van der Waals surface area contributed by atoms with Gasteiger partial charge in [0, 0.05) is 6.20 Å². The lowest BCUT2D eigenvalue weighted by Gasteiger charge is -2.08. The predicted molar refractivity (Wildman–Crippen MR) is 80.7 cm³/mol. The molecule has 0 saturated heterocycles. The summed E-state index contributed by atoms with van der Waals surface area (Å²) in [6, 6.07) is 6.81. The highest BCUT2D eigenvalue weighted by Gasteiger charge is 2.15. The first-order valence-corrected chi connectivity index (χ1v) is 8.17. The van der Waals surface area contributed by atoms with Crippen LogP contribution in [0.1, 0.15) is 25.3 Å². The number of anilines is 1. The summed E-state index contributed by atoms with van der Waals surface area (Å²) in [4.78, 5) is 0.210. The summed E-state index contributed by atoms with van der Waals surface area (Å²) in [5, 5.41) is 12.8. The minimum atomic E-state index is -3.62. The van der Waals surface area contributed by atoms with Gasteiger partial charge < -0.3 is 5.11 Å². The highest BCUT2D eigenvalue weighted by Crippen LogP contribution is 2.19. The van der Waals surface area contributed by atoms with E-state index in [0.717, 1.165) is 5.56 Å². The van der Waals surface area contributed by atoms with E-state index in [1.54, 1.807) is 12.1 Å². The molecule has 2 rings (SSSR count). The summed E-state index contributed by atoms with van der Waals surface area (Å²) >= 11 is 0. The first-order chi connectivity index (χ1) is 9.92. The SMILES string of the molecule is CC(C)c1ccc(S(=O)(=O)Nc2cnn(CCO)c2)cc1. The van der Waals surface area contributed by atoms with Crippen LogP contribution in [0.4, 0.5) is 5.69 Å². The van der Waals surface area contributed by atoms with Crippen LogP contribution in [0.5, 0.6) is 0 Å². The number of sulfonamides is 1. The average molecular weight is 309 g/mol. The third-order valence-electron chi connectivity index (χ3n) is 3.07. The number of hydrogen-bond acceptors (Lipinski definition) is 4. The molecule has 6 nitrogen and oxygen atoms in total. The number of hydrogen-bond donors (Lipinski definition) is 2. The molecule has 0 spiro atoms. The Bertz CT molecular complexity index is 691. The number of nitrogens with zero attached hydrogens (tertiary/aromatic N) is 2. The van der Waals surface area contributed by atoms with Crippen LogP contribution in [0.15, 0.2) is 41.6 Å². The molecule has 1 aromatic heterocycles. The van der Waals surface area contributed by atoms with Gasteiger partial charge in [-0.05, 0) is 23.6 Å². The van der Waals surface area contributed by atoms with Gasteiger partial charge in [0.2, 0.25) is 0 Å². The number of aliphatic hydroxyl groups is 1. The Hall–Kier alpha value is -1.86. The molecule has 0 radical (unpaired) electrons. The van der Waals surface area contributed by atoms with Crippen molar-refractivity contribution in [2.45, 2.75) is 31.2 Å². The summed E-state index contributed by atoms with van der Waals surface area (Å²) < 4.78 is 28.4. The zero-order chi connectivity index (χ0) is 15.5. The summed E-state index contributed by atoms with van der Waals surface area (Å²) in [7, 11) is -3.62. The summed E-state index contributed by atoms with van der Waals surface area (Å²) in [6.07, 6.45) is 2.95. The molecule has 0 aliphatic carbocycles. The van der Waals surface area contributed by atoms with E-state index >= 15 is 0 Å².